The predicted molar refractivity (Wildman–Crippen MR) is 75.9 cm³/mol. The van der Waals surface area contributed by atoms with Crippen LogP contribution in [0.3, 0.4) is 0 Å². The van der Waals surface area contributed by atoms with E-state index in [-0.39, 0.29) is 0 Å². The van der Waals surface area contributed by atoms with Crippen molar-refractivity contribution in [1.29, 1.82) is 0 Å². The third-order valence-corrected chi connectivity index (χ3v) is 3.74. The maximum Gasteiger partial charge on any atom is 0.161 e. The van der Waals surface area contributed by atoms with Gasteiger partial charge in [0.1, 0.15) is 0 Å². The van der Waals surface area contributed by atoms with Gasteiger partial charge in [0, 0.05) is 34.3 Å². The molecule has 0 saturated heterocycles. The van der Waals surface area contributed by atoms with Crippen LogP contribution in [0.5, 0.6) is 0 Å². The lowest BCUT2D eigenvalue weighted by Gasteiger charge is -2.20. The first kappa shape index (κ1) is 11.5. The molecule has 0 fully saturated rings. The zero-order chi connectivity index (χ0) is 12.5. The Morgan fingerprint density at radius 3 is 3.00 bits per heavy atom. The van der Waals surface area contributed by atoms with Crippen molar-refractivity contribution in [1.82, 2.24) is 15.1 Å². The second kappa shape index (κ2) is 4.59. The smallest absolute Gasteiger partial charge is 0.161 e. The van der Waals surface area contributed by atoms with Gasteiger partial charge in [-0.15, -0.1) is 10.2 Å². The van der Waals surface area contributed by atoms with Crippen molar-refractivity contribution in [2.75, 3.05) is 18.9 Å². The van der Waals surface area contributed by atoms with Crippen molar-refractivity contribution in [3.05, 3.63) is 40.0 Å². The number of nitrogens with one attached hydrogen (secondary N) is 1. The minimum absolute atomic E-state index is 0.450. The molecular weight excluding hydrogens is 268 g/mol. The summed E-state index contributed by atoms with van der Waals surface area (Å²) < 4.78 is 0. The number of nitrogens with zero attached hydrogens (tertiary/aromatic N) is 3. The summed E-state index contributed by atoms with van der Waals surface area (Å²) in [6.45, 7) is 0.826. The predicted octanol–water partition coefficient (Wildman–Crippen LogP) is 3.10. The van der Waals surface area contributed by atoms with Crippen LogP contribution in [0, 0.1) is 0 Å². The van der Waals surface area contributed by atoms with Gasteiger partial charge in [0.15, 0.2) is 11.0 Å². The van der Waals surface area contributed by atoms with E-state index in [4.69, 9.17) is 11.6 Å². The van der Waals surface area contributed by atoms with Gasteiger partial charge in [-0.25, -0.2) is 0 Å². The minimum Gasteiger partial charge on any atom is -0.375 e. The molecule has 18 heavy (non-hydrogen) atoms. The fourth-order valence-electron chi connectivity index (χ4n) is 1.85. The Hall–Kier alpha value is -1.59. The first-order chi connectivity index (χ1) is 8.74. The van der Waals surface area contributed by atoms with Crippen LogP contribution in [0.2, 0.25) is 5.15 Å². The first-order valence-electron chi connectivity index (χ1n) is 5.47. The van der Waals surface area contributed by atoms with Gasteiger partial charge in [0.2, 0.25) is 0 Å². The number of rotatable bonds is 2. The molecule has 1 aliphatic rings. The Bertz CT molecular complexity index is 647. The number of halogens is 1. The molecule has 0 amide bonds. The van der Waals surface area contributed by atoms with Gasteiger partial charge in [0.05, 0.1) is 6.54 Å². The normalized spacial score (nSPS) is 15.0. The van der Waals surface area contributed by atoms with Crippen molar-refractivity contribution >= 4 is 39.5 Å². The summed E-state index contributed by atoms with van der Waals surface area (Å²) in [6, 6.07) is 0. The molecule has 1 aliphatic heterocycles. The summed E-state index contributed by atoms with van der Waals surface area (Å²) in [6.07, 6.45) is 6.06. The molecule has 3 heterocycles. The van der Waals surface area contributed by atoms with Gasteiger partial charge in [0.25, 0.3) is 0 Å². The zero-order valence-electron chi connectivity index (χ0n) is 9.72. The van der Waals surface area contributed by atoms with E-state index in [1.54, 1.807) is 11.3 Å². The van der Waals surface area contributed by atoms with Crippen LogP contribution in [0.15, 0.2) is 34.8 Å². The largest absolute Gasteiger partial charge is 0.375 e. The van der Waals surface area contributed by atoms with Crippen LogP contribution in [0.1, 0.15) is 0 Å². The second-order valence-electron chi connectivity index (χ2n) is 4.11. The SMILES string of the molecule is CN1C=CC=C(Nc2nnc(Cl)c3cscc23)C1. The molecule has 92 valence electrons. The van der Waals surface area contributed by atoms with E-state index in [1.165, 1.54) is 0 Å². The highest BCUT2D eigenvalue weighted by Crippen LogP contribution is 2.30. The van der Waals surface area contributed by atoms with E-state index in [0.717, 1.165) is 28.8 Å². The summed E-state index contributed by atoms with van der Waals surface area (Å²) in [5, 5.41) is 17.8. The van der Waals surface area contributed by atoms with Crippen LogP contribution in [-0.4, -0.2) is 28.7 Å². The molecule has 0 aromatic carbocycles. The van der Waals surface area contributed by atoms with E-state index < -0.39 is 0 Å². The van der Waals surface area contributed by atoms with Gasteiger partial charge in [-0.1, -0.05) is 11.6 Å². The van der Waals surface area contributed by atoms with Gasteiger partial charge in [-0.2, -0.15) is 11.3 Å². The van der Waals surface area contributed by atoms with Crippen molar-refractivity contribution in [2.45, 2.75) is 0 Å². The van der Waals surface area contributed by atoms with Gasteiger partial charge in [-0.3, -0.25) is 0 Å². The monoisotopic (exact) mass is 278 g/mol. The van der Waals surface area contributed by atoms with Gasteiger partial charge < -0.3 is 10.2 Å². The highest BCUT2D eigenvalue weighted by molar-refractivity contribution is 7.09. The number of hydrogen-bond donors (Lipinski definition) is 1. The van der Waals surface area contributed by atoms with Crippen molar-refractivity contribution in [2.24, 2.45) is 0 Å². The molecule has 6 heteroatoms. The number of aromatic nitrogens is 2. The van der Waals surface area contributed by atoms with E-state index in [0.29, 0.717) is 5.15 Å². The van der Waals surface area contributed by atoms with Crippen LogP contribution in [0.4, 0.5) is 5.82 Å². The molecule has 3 rings (SSSR count). The maximum atomic E-state index is 6.01. The van der Waals surface area contributed by atoms with E-state index in [2.05, 4.69) is 20.4 Å². The zero-order valence-corrected chi connectivity index (χ0v) is 11.3. The molecule has 4 nitrogen and oxygen atoms in total. The molecule has 0 atom stereocenters. The summed E-state index contributed by atoms with van der Waals surface area (Å²) in [7, 11) is 2.03. The molecule has 0 unspecified atom stereocenters. The topological polar surface area (TPSA) is 41.0 Å². The van der Waals surface area contributed by atoms with E-state index >= 15 is 0 Å². The fourth-order valence-corrected chi connectivity index (χ4v) is 2.92. The maximum absolute atomic E-state index is 6.01. The summed E-state index contributed by atoms with van der Waals surface area (Å²) in [5.41, 5.74) is 1.09. The molecule has 1 N–H and O–H groups in total. The quantitative estimate of drug-likeness (QED) is 0.916. The fraction of sp³-hybridized carbons (Fsp3) is 0.167. The molecule has 0 bridgehead atoms. The number of thiophene rings is 1. The van der Waals surface area contributed by atoms with E-state index in [9.17, 15) is 0 Å². The molecular formula is C12H11ClN4S. The van der Waals surface area contributed by atoms with Crippen LogP contribution >= 0.6 is 22.9 Å². The number of fused-ring (bicyclic) bond motifs is 1. The molecule has 0 spiro atoms. The highest BCUT2D eigenvalue weighted by atomic mass is 35.5. The molecule has 2 aromatic rings. The Morgan fingerprint density at radius 1 is 1.33 bits per heavy atom. The molecule has 0 saturated carbocycles. The van der Waals surface area contributed by atoms with Crippen molar-refractivity contribution in [3.63, 3.8) is 0 Å². The third kappa shape index (κ3) is 2.07. The highest BCUT2D eigenvalue weighted by Gasteiger charge is 2.11. The lowest BCUT2D eigenvalue weighted by Crippen LogP contribution is -2.21. The van der Waals surface area contributed by atoms with Gasteiger partial charge in [-0.05, 0) is 18.4 Å². The van der Waals surface area contributed by atoms with Crippen LogP contribution in [-0.2, 0) is 0 Å². The summed E-state index contributed by atoms with van der Waals surface area (Å²) in [4.78, 5) is 2.09. The number of allylic oxidation sites excluding steroid dienone is 2. The van der Waals surface area contributed by atoms with Crippen LogP contribution < -0.4 is 5.32 Å². The first-order valence-corrected chi connectivity index (χ1v) is 6.79. The lowest BCUT2D eigenvalue weighted by molar-refractivity contribution is 0.492. The molecule has 0 radical (unpaired) electrons. The lowest BCUT2D eigenvalue weighted by atomic mass is 10.2. The van der Waals surface area contributed by atoms with Crippen molar-refractivity contribution in [3.8, 4) is 0 Å². The Morgan fingerprint density at radius 2 is 2.17 bits per heavy atom. The van der Waals surface area contributed by atoms with E-state index in [1.807, 2.05) is 36.2 Å². The number of anilines is 1. The third-order valence-electron chi connectivity index (χ3n) is 2.71. The standard InChI is InChI=1S/C12H11ClN4S/c1-17-4-2-3-8(5-17)14-12-10-7-18-6-9(10)11(13)15-16-12/h2-4,6-7H,5H2,1H3,(H,14,16). The Kier molecular flexibility index (Phi) is 2.93. The van der Waals surface area contributed by atoms with Crippen molar-refractivity contribution < 1.29 is 0 Å². The second-order valence-corrected chi connectivity index (χ2v) is 5.21. The van der Waals surface area contributed by atoms with Gasteiger partial charge >= 0.3 is 0 Å². The number of hydrogen-bond acceptors (Lipinski definition) is 5. The summed E-state index contributed by atoms with van der Waals surface area (Å²) >= 11 is 7.60. The Balaban J connectivity index is 1.96. The average Bonchev–Trinajstić information content (AvgIpc) is 2.83. The summed E-state index contributed by atoms with van der Waals surface area (Å²) in [5.74, 6) is 0.755. The Labute approximate surface area is 114 Å². The minimum atomic E-state index is 0.450. The number of likely N-dealkylation sites (N-methyl/N-ethyl adjacent to an activating group) is 1. The molecule has 0 aliphatic carbocycles. The van der Waals surface area contributed by atoms with Crippen LogP contribution in [0.25, 0.3) is 10.8 Å². The molecule has 2 aromatic heterocycles. The average molecular weight is 279 g/mol.